The summed E-state index contributed by atoms with van der Waals surface area (Å²) in [6.07, 6.45) is 5.58. The van der Waals surface area contributed by atoms with E-state index in [0.717, 1.165) is 24.9 Å². The van der Waals surface area contributed by atoms with Crippen molar-refractivity contribution in [1.82, 2.24) is 15.6 Å². The average Bonchev–Trinajstić information content (AvgIpc) is 2.39. The van der Waals surface area contributed by atoms with Gasteiger partial charge < -0.3 is 10.6 Å². The van der Waals surface area contributed by atoms with Crippen LogP contribution < -0.4 is 10.6 Å². The number of amides is 1. The average molecular weight is 247 g/mol. The second kappa shape index (κ2) is 5.96. The summed E-state index contributed by atoms with van der Waals surface area (Å²) in [7, 11) is 0. The number of piperidine rings is 1. The number of rotatable bonds is 3. The minimum absolute atomic E-state index is 0.0273. The lowest BCUT2D eigenvalue weighted by Gasteiger charge is -2.28. The van der Waals surface area contributed by atoms with Crippen molar-refractivity contribution >= 4 is 5.91 Å². The van der Waals surface area contributed by atoms with Crippen molar-refractivity contribution < 1.29 is 4.79 Å². The lowest BCUT2D eigenvalue weighted by molar-refractivity contribution is -0.124. The predicted octanol–water partition coefficient (Wildman–Crippen LogP) is 1.65. The molecule has 2 unspecified atom stereocenters. The van der Waals surface area contributed by atoms with Gasteiger partial charge >= 0.3 is 0 Å². The Hall–Kier alpha value is -1.42. The zero-order chi connectivity index (χ0) is 13.0. The molecule has 1 amide bonds. The topological polar surface area (TPSA) is 54.0 Å². The van der Waals surface area contributed by atoms with Crippen molar-refractivity contribution in [2.45, 2.75) is 38.8 Å². The molecule has 1 aromatic rings. The highest BCUT2D eigenvalue weighted by molar-refractivity contribution is 5.82. The third-order valence-electron chi connectivity index (χ3n) is 3.55. The number of nitrogens with one attached hydrogen (secondary N) is 2. The fourth-order valence-electron chi connectivity index (χ4n) is 2.36. The van der Waals surface area contributed by atoms with Gasteiger partial charge in [-0.15, -0.1) is 0 Å². The van der Waals surface area contributed by atoms with E-state index in [9.17, 15) is 4.79 Å². The summed E-state index contributed by atoms with van der Waals surface area (Å²) in [6.45, 7) is 5.13. The summed E-state index contributed by atoms with van der Waals surface area (Å²) in [6, 6.07) is 3.85. The Morgan fingerprint density at radius 3 is 2.89 bits per heavy atom. The maximum absolute atomic E-state index is 12.1. The van der Waals surface area contributed by atoms with Crippen molar-refractivity contribution in [1.29, 1.82) is 0 Å². The number of aromatic nitrogens is 1. The van der Waals surface area contributed by atoms with Crippen molar-refractivity contribution in [2.24, 2.45) is 5.92 Å². The minimum Gasteiger partial charge on any atom is -0.348 e. The van der Waals surface area contributed by atoms with Crippen LogP contribution in [0.3, 0.4) is 0 Å². The van der Waals surface area contributed by atoms with Gasteiger partial charge in [0.25, 0.3) is 0 Å². The molecule has 3 atom stereocenters. The Labute approximate surface area is 108 Å². The Kier molecular flexibility index (Phi) is 4.31. The van der Waals surface area contributed by atoms with Crippen molar-refractivity contribution in [2.75, 3.05) is 6.54 Å². The first-order valence-electron chi connectivity index (χ1n) is 6.60. The van der Waals surface area contributed by atoms with E-state index < -0.39 is 0 Å². The first kappa shape index (κ1) is 13.0. The smallest absolute Gasteiger partial charge is 0.237 e. The Morgan fingerprint density at radius 1 is 1.50 bits per heavy atom. The molecule has 1 fully saturated rings. The zero-order valence-electron chi connectivity index (χ0n) is 11.0. The molecule has 0 radical (unpaired) electrons. The van der Waals surface area contributed by atoms with Crippen molar-refractivity contribution in [3.8, 4) is 0 Å². The summed E-state index contributed by atoms with van der Waals surface area (Å²) in [5, 5.41) is 6.34. The van der Waals surface area contributed by atoms with Crippen molar-refractivity contribution in [3.63, 3.8) is 0 Å². The van der Waals surface area contributed by atoms with Gasteiger partial charge in [0, 0.05) is 12.4 Å². The molecule has 2 heterocycles. The number of pyridine rings is 1. The molecule has 1 aromatic heterocycles. The Balaban J connectivity index is 1.91. The van der Waals surface area contributed by atoms with E-state index in [4.69, 9.17) is 0 Å². The minimum atomic E-state index is -0.0435. The molecule has 4 heteroatoms. The number of hydrogen-bond donors (Lipinski definition) is 2. The van der Waals surface area contributed by atoms with Gasteiger partial charge in [-0.05, 0) is 49.9 Å². The third kappa shape index (κ3) is 3.29. The van der Waals surface area contributed by atoms with Crippen LogP contribution in [0.5, 0.6) is 0 Å². The number of carbonyl (C=O) groups is 1. The largest absolute Gasteiger partial charge is 0.348 e. The fraction of sp³-hybridized carbons (Fsp3) is 0.571. The molecule has 18 heavy (non-hydrogen) atoms. The fourth-order valence-corrected chi connectivity index (χ4v) is 2.36. The second-order valence-electron chi connectivity index (χ2n) is 5.15. The van der Waals surface area contributed by atoms with Gasteiger partial charge in [0.1, 0.15) is 0 Å². The van der Waals surface area contributed by atoms with Gasteiger partial charge in [0.05, 0.1) is 12.1 Å². The van der Waals surface area contributed by atoms with E-state index in [-0.39, 0.29) is 18.0 Å². The van der Waals surface area contributed by atoms with E-state index in [1.165, 1.54) is 0 Å². The first-order valence-corrected chi connectivity index (χ1v) is 6.60. The summed E-state index contributed by atoms with van der Waals surface area (Å²) < 4.78 is 0. The Bertz CT molecular complexity index is 393. The maximum atomic E-state index is 12.1. The zero-order valence-corrected chi connectivity index (χ0v) is 11.0. The molecular formula is C14H21N3O. The standard InChI is InChI=1S/C14H21N3O/c1-10-3-8-16-13(9-10)14(18)17-11(2)12-4-6-15-7-5-12/h4-7,10-11,13,16H,3,8-9H2,1-2H3,(H,17,18)/t10?,11-,13?/m0/s1. The summed E-state index contributed by atoms with van der Waals surface area (Å²) >= 11 is 0. The highest BCUT2D eigenvalue weighted by Gasteiger charge is 2.25. The van der Waals surface area contributed by atoms with Crippen LogP contribution in [0, 0.1) is 5.92 Å². The van der Waals surface area contributed by atoms with Crippen LogP contribution in [0.2, 0.25) is 0 Å². The molecule has 0 aliphatic carbocycles. The van der Waals surface area contributed by atoms with E-state index in [1.54, 1.807) is 12.4 Å². The molecule has 2 N–H and O–H groups in total. The van der Waals surface area contributed by atoms with Crippen LogP contribution in [0.1, 0.15) is 38.3 Å². The SMILES string of the molecule is CC1CCNC(C(=O)N[C@@H](C)c2ccncc2)C1. The second-order valence-corrected chi connectivity index (χ2v) is 5.15. The molecule has 0 saturated carbocycles. The third-order valence-corrected chi connectivity index (χ3v) is 3.55. The van der Waals surface area contributed by atoms with E-state index in [1.807, 2.05) is 19.1 Å². The van der Waals surface area contributed by atoms with E-state index in [0.29, 0.717) is 5.92 Å². The molecule has 0 aromatic carbocycles. The maximum Gasteiger partial charge on any atom is 0.237 e. The molecule has 0 bridgehead atoms. The summed E-state index contributed by atoms with van der Waals surface area (Å²) in [5.41, 5.74) is 1.09. The van der Waals surface area contributed by atoms with Gasteiger partial charge in [-0.25, -0.2) is 0 Å². The molecule has 0 spiro atoms. The number of nitrogens with zero attached hydrogens (tertiary/aromatic N) is 1. The lowest BCUT2D eigenvalue weighted by Crippen LogP contribution is -2.48. The monoisotopic (exact) mass is 247 g/mol. The number of carbonyl (C=O) groups excluding carboxylic acids is 1. The molecule has 1 saturated heterocycles. The van der Waals surface area contributed by atoms with Gasteiger partial charge in [0.2, 0.25) is 5.91 Å². The van der Waals surface area contributed by atoms with Gasteiger partial charge in [0.15, 0.2) is 0 Å². The highest BCUT2D eigenvalue weighted by atomic mass is 16.2. The van der Waals surface area contributed by atoms with Crippen LogP contribution >= 0.6 is 0 Å². The molecule has 98 valence electrons. The van der Waals surface area contributed by atoms with Crippen LogP contribution in [0.4, 0.5) is 0 Å². The molecule has 2 rings (SSSR count). The van der Waals surface area contributed by atoms with E-state index in [2.05, 4.69) is 22.5 Å². The molecule has 4 nitrogen and oxygen atoms in total. The molecule has 1 aliphatic heterocycles. The lowest BCUT2D eigenvalue weighted by atomic mass is 9.93. The molecule has 1 aliphatic rings. The number of hydrogen-bond acceptors (Lipinski definition) is 3. The van der Waals surface area contributed by atoms with Crippen LogP contribution in [-0.2, 0) is 4.79 Å². The normalized spacial score (nSPS) is 25.4. The highest BCUT2D eigenvalue weighted by Crippen LogP contribution is 2.16. The van der Waals surface area contributed by atoms with Gasteiger partial charge in [-0.3, -0.25) is 9.78 Å². The predicted molar refractivity (Wildman–Crippen MR) is 71.0 cm³/mol. The van der Waals surface area contributed by atoms with Crippen LogP contribution in [0.15, 0.2) is 24.5 Å². The van der Waals surface area contributed by atoms with Crippen molar-refractivity contribution in [3.05, 3.63) is 30.1 Å². The van der Waals surface area contributed by atoms with Crippen LogP contribution in [0.25, 0.3) is 0 Å². The Morgan fingerprint density at radius 2 is 2.22 bits per heavy atom. The molecular weight excluding hydrogens is 226 g/mol. The quantitative estimate of drug-likeness (QED) is 0.854. The van der Waals surface area contributed by atoms with Gasteiger partial charge in [-0.2, -0.15) is 0 Å². The first-order chi connectivity index (χ1) is 8.66. The van der Waals surface area contributed by atoms with Crippen LogP contribution in [-0.4, -0.2) is 23.5 Å². The van der Waals surface area contributed by atoms with Gasteiger partial charge in [-0.1, -0.05) is 6.92 Å². The summed E-state index contributed by atoms with van der Waals surface area (Å²) in [4.78, 5) is 16.1. The summed E-state index contributed by atoms with van der Waals surface area (Å²) in [5.74, 6) is 0.726. The van der Waals surface area contributed by atoms with E-state index >= 15 is 0 Å².